The summed E-state index contributed by atoms with van der Waals surface area (Å²) in [6.07, 6.45) is 3.93. The summed E-state index contributed by atoms with van der Waals surface area (Å²) in [7, 11) is 0. The van der Waals surface area contributed by atoms with Gasteiger partial charge in [-0.3, -0.25) is 24.3 Å². The number of carbonyl (C=O) groups is 2. The first-order chi connectivity index (χ1) is 20.3. The molecule has 0 spiro atoms. The summed E-state index contributed by atoms with van der Waals surface area (Å²) in [5, 5.41) is 10.4. The summed E-state index contributed by atoms with van der Waals surface area (Å²) >= 11 is 0. The molecule has 3 atom stereocenters. The highest BCUT2D eigenvalue weighted by Gasteiger charge is 2.37. The van der Waals surface area contributed by atoms with E-state index in [2.05, 4.69) is 46.7 Å². The Morgan fingerprint density at radius 2 is 1.67 bits per heavy atom. The average Bonchev–Trinajstić information content (AvgIpc) is 3.80. The third-order valence-electron chi connectivity index (χ3n) is 9.14. The normalized spacial score (nSPS) is 23.1. The van der Waals surface area contributed by atoms with Gasteiger partial charge in [0.2, 0.25) is 0 Å². The topological polar surface area (TPSA) is 76.6 Å². The Balaban J connectivity index is 1.28. The SMILES string of the molecule is CCOC(=O)CCCN1CCN(C(=O)c2cccc([C@H](c3cccc(O)c3)N3C[C@@H](C)N(CC4CC4)C[C@@H]3C)c2)CC1. The molecule has 2 saturated heterocycles. The van der Waals surface area contributed by atoms with E-state index < -0.39 is 0 Å². The Labute approximate surface area is 251 Å². The molecule has 1 amide bonds. The predicted molar refractivity (Wildman–Crippen MR) is 165 cm³/mol. The van der Waals surface area contributed by atoms with Crippen molar-refractivity contribution in [3.05, 3.63) is 65.2 Å². The number of hydrogen-bond acceptors (Lipinski definition) is 7. The van der Waals surface area contributed by atoms with Crippen molar-refractivity contribution in [3.8, 4) is 5.75 Å². The van der Waals surface area contributed by atoms with Crippen LogP contribution in [0.5, 0.6) is 5.75 Å². The highest BCUT2D eigenvalue weighted by molar-refractivity contribution is 5.94. The summed E-state index contributed by atoms with van der Waals surface area (Å²) in [4.78, 5) is 34.8. The number of carbonyl (C=O) groups excluding carboxylic acids is 2. The van der Waals surface area contributed by atoms with Gasteiger partial charge in [-0.2, -0.15) is 0 Å². The van der Waals surface area contributed by atoms with E-state index in [4.69, 9.17) is 4.74 Å². The van der Waals surface area contributed by atoms with Gasteiger partial charge in [0, 0.05) is 69.9 Å². The molecule has 0 radical (unpaired) electrons. The molecule has 2 aliphatic heterocycles. The third kappa shape index (κ3) is 7.71. The highest BCUT2D eigenvalue weighted by atomic mass is 16.5. The van der Waals surface area contributed by atoms with Gasteiger partial charge in [-0.15, -0.1) is 0 Å². The minimum atomic E-state index is -0.140. The number of piperazine rings is 2. The number of amides is 1. The van der Waals surface area contributed by atoms with Gasteiger partial charge in [-0.05, 0) is 87.9 Å². The third-order valence-corrected chi connectivity index (χ3v) is 9.14. The van der Waals surface area contributed by atoms with Crippen molar-refractivity contribution < 1.29 is 19.4 Å². The van der Waals surface area contributed by atoms with Crippen LogP contribution in [0.2, 0.25) is 0 Å². The second kappa shape index (κ2) is 14.0. The quantitative estimate of drug-likeness (QED) is 0.398. The van der Waals surface area contributed by atoms with Crippen molar-refractivity contribution in [1.29, 1.82) is 0 Å². The molecule has 1 N–H and O–H groups in total. The molecule has 8 nitrogen and oxygen atoms in total. The number of aromatic hydroxyl groups is 1. The molecule has 1 saturated carbocycles. The van der Waals surface area contributed by atoms with Crippen LogP contribution in [0, 0.1) is 5.92 Å². The number of hydrogen-bond donors (Lipinski definition) is 1. The molecule has 3 fully saturated rings. The van der Waals surface area contributed by atoms with E-state index in [1.807, 2.05) is 36.1 Å². The van der Waals surface area contributed by atoms with E-state index >= 15 is 0 Å². The number of nitrogens with zero attached hydrogens (tertiary/aromatic N) is 4. The van der Waals surface area contributed by atoms with Crippen LogP contribution in [0.15, 0.2) is 48.5 Å². The van der Waals surface area contributed by atoms with Crippen LogP contribution >= 0.6 is 0 Å². The van der Waals surface area contributed by atoms with E-state index in [1.54, 1.807) is 6.07 Å². The summed E-state index contributed by atoms with van der Waals surface area (Å²) < 4.78 is 5.03. The molecule has 5 rings (SSSR count). The van der Waals surface area contributed by atoms with Gasteiger partial charge in [0.05, 0.1) is 12.6 Å². The van der Waals surface area contributed by atoms with Gasteiger partial charge in [0.15, 0.2) is 0 Å². The molecular formula is C34H48N4O4. The zero-order chi connectivity index (χ0) is 29.6. The van der Waals surface area contributed by atoms with Crippen molar-refractivity contribution in [3.63, 3.8) is 0 Å². The molecule has 0 aromatic heterocycles. The maximum Gasteiger partial charge on any atom is 0.305 e. The van der Waals surface area contributed by atoms with Gasteiger partial charge in [0.25, 0.3) is 5.91 Å². The van der Waals surface area contributed by atoms with Crippen LogP contribution in [-0.2, 0) is 9.53 Å². The van der Waals surface area contributed by atoms with Gasteiger partial charge in [-0.25, -0.2) is 0 Å². The molecule has 2 aromatic rings. The number of ether oxygens (including phenoxy) is 1. The molecule has 0 bridgehead atoms. The Hall–Kier alpha value is -2.94. The molecular weight excluding hydrogens is 528 g/mol. The van der Waals surface area contributed by atoms with E-state index in [0.717, 1.165) is 56.2 Å². The molecule has 8 heteroatoms. The van der Waals surface area contributed by atoms with Crippen molar-refractivity contribution in [2.75, 3.05) is 59.0 Å². The lowest BCUT2D eigenvalue weighted by molar-refractivity contribution is -0.143. The highest BCUT2D eigenvalue weighted by Crippen LogP contribution is 2.37. The van der Waals surface area contributed by atoms with Gasteiger partial charge in [-0.1, -0.05) is 24.3 Å². The first-order valence-electron chi connectivity index (χ1n) is 15.9. The Morgan fingerprint density at radius 1 is 0.952 bits per heavy atom. The fourth-order valence-corrected chi connectivity index (χ4v) is 6.62. The zero-order valence-corrected chi connectivity index (χ0v) is 25.6. The first kappa shape index (κ1) is 30.5. The summed E-state index contributed by atoms with van der Waals surface area (Å²) in [6, 6.07) is 16.4. The van der Waals surface area contributed by atoms with Crippen LogP contribution < -0.4 is 0 Å². The minimum Gasteiger partial charge on any atom is -0.508 e. The van der Waals surface area contributed by atoms with E-state index in [1.165, 1.54) is 19.4 Å². The second-order valence-corrected chi connectivity index (χ2v) is 12.5. The molecule has 2 heterocycles. The summed E-state index contributed by atoms with van der Waals surface area (Å²) in [5.41, 5.74) is 2.84. The Kier molecular flexibility index (Phi) is 10.2. The smallest absolute Gasteiger partial charge is 0.305 e. The molecule has 228 valence electrons. The Bertz CT molecular complexity index is 1210. The van der Waals surface area contributed by atoms with Crippen molar-refractivity contribution in [2.24, 2.45) is 5.92 Å². The number of phenolic OH excluding ortho intramolecular Hbond substituents is 1. The van der Waals surface area contributed by atoms with Crippen LogP contribution in [-0.4, -0.2) is 108 Å². The van der Waals surface area contributed by atoms with E-state index in [-0.39, 0.29) is 23.7 Å². The van der Waals surface area contributed by atoms with Crippen LogP contribution in [0.4, 0.5) is 0 Å². The van der Waals surface area contributed by atoms with Crippen LogP contribution in [0.25, 0.3) is 0 Å². The lowest BCUT2D eigenvalue weighted by Gasteiger charge is -2.48. The van der Waals surface area contributed by atoms with E-state index in [0.29, 0.717) is 43.8 Å². The van der Waals surface area contributed by atoms with Crippen molar-refractivity contribution >= 4 is 11.9 Å². The molecule has 42 heavy (non-hydrogen) atoms. The lowest BCUT2D eigenvalue weighted by Crippen LogP contribution is -2.57. The zero-order valence-electron chi connectivity index (χ0n) is 25.6. The summed E-state index contributed by atoms with van der Waals surface area (Å²) in [5.74, 6) is 1.05. The predicted octanol–water partition coefficient (Wildman–Crippen LogP) is 4.39. The number of phenols is 1. The first-order valence-corrected chi connectivity index (χ1v) is 15.9. The van der Waals surface area contributed by atoms with E-state index in [9.17, 15) is 14.7 Å². The Morgan fingerprint density at radius 3 is 2.36 bits per heavy atom. The molecule has 1 aliphatic carbocycles. The van der Waals surface area contributed by atoms with Crippen molar-refractivity contribution in [2.45, 2.75) is 64.6 Å². The fourth-order valence-electron chi connectivity index (χ4n) is 6.62. The number of esters is 1. The molecule has 2 aromatic carbocycles. The maximum atomic E-state index is 13.7. The second-order valence-electron chi connectivity index (χ2n) is 12.5. The fraction of sp³-hybridized carbons (Fsp3) is 0.588. The van der Waals surface area contributed by atoms with Crippen LogP contribution in [0.3, 0.4) is 0 Å². The van der Waals surface area contributed by atoms with Gasteiger partial charge < -0.3 is 14.7 Å². The standard InChI is InChI=1S/C34H48N4O4/c1-4-42-32(40)12-7-15-35-16-18-36(19-17-35)34(41)30-10-5-8-28(20-30)33(29-9-6-11-31(39)21-29)38-23-25(2)37(22-26(38)3)24-27-13-14-27/h5-6,8-11,20-21,25-27,33,39H,4,7,12-19,22-24H2,1-3H3/t25-,26+,33-/m1/s1. The van der Waals surface area contributed by atoms with Gasteiger partial charge >= 0.3 is 5.97 Å². The maximum absolute atomic E-state index is 13.7. The van der Waals surface area contributed by atoms with Crippen molar-refractivity contribution in [1.82, 2.24) is 19.6 Å². The molecule has 3 aliphatic rings. The number of rotatable bonds is 11. The largest absolute Gasteiger partial charge is 0.508 e. The van der Waals surface area contributed by atoms with Gasteiger partial charge in [0.1, 0.15) is 5.75 Å². The number of benzene rings is 2. The van der Waals surface area contributed by atoms with Crippen LogP contribution in [0.1, 0.15) is 74.0 Å². The molecule has 0 unspecified atom stereocenters. The minimum absolute atomic E-state index is 0.0541. The average molecular weight is 577 g/mol. The summed E-state index contributed by atoms with van der Waals surface area (Å²) in [6.45, 7) is 13.8. The monoisotopic (exact) mass is 576 g/mol. The lowest BCUT2D eigenvalue weighted by atomic mass is 9.92.